The standard InChI is InChI=1S/C22H18FN3O3/c1-25-18-5-3-4-6-19(18)26(2)22(25)17(13-24)20(27)14-29-21(28)12-9-15-7-10-16(23)11-8-15/h3-12H,14H2,1-2H3/b12-9+. The van der Waals surface area contributed by atoms with Gasteiger partial charge in [0.2, 0.25) is 5.78 Å². The average molecular weight is 391 g/mol. The lowest BCUT2D eigenvalue weighted by Crippen LogP contribution is -2.27. The summed E-state index contributed by atoms with van der Waals surface area (Å²) in [6.45, 7) is -0.559. The molecule has 7 heteroatoms. The summed E-state index contributed by atoms with van der Waals surface area (Å²) < 4.78 is 17.9. The van der Waals surface area contributed by atoms with Crippen LogP contribution in [-0.2, 0) is 14.3 Å². The number of carbonyl (C=O) groups excluding carboxylic acids is 2. The van der Waals surface area contributed by atoms with Gasteiger partial charge in [0.1, 0.15) is 23.3 Å². The third kappa shape index (κ3) is 4.17. The molecule has 1 heterocycles. The van der Waals surface area contributed by atoms with Crippen LogP contribution in [0.3, 0.4) is 0 Å². The molecule has 0 bridgehead atoms. The first-order valence-electron chi connectivity index (χ1n) is 8.77. The molecule has 0 unspecified atom stereocenters. The number of para-hydroxylation sites is 2. The Morgan fingerprint density at radius 3 is 2.21 bits per heavy atom. The van der Waals surface area contributed by atoms with Crippen LogP contribution < -0.4 is 9.80 Å². The first kappa shape index (κ1) is 19.8. The Hall–Kier alpha value is -3.92. The van der Waals surface area contributed by atoms with E-state index in [0.717, 1.165) is 17.5 Å². The molecular weight excluding hydrogens is 373 g/mol. The predicted molar refractivity (Wildman–Crippen MR) is 107 cm³/mol. The molecule has 0 aliphatic carbocycles. The number of fused-ring (bicyclic) bond motifs is 1. The number of hydrogen-bond donors (Lipinski definition) is 0. The first-order valence-corrected chi connectivity index (χ1v) is 8.77. The molecule has 29 heavy (non-hydrogen) atoms. The van der Waals surface area contributed by atoms with Gasteiger partial charge in [0.15, 0.2) is 6.61 Å². The van der Waals surface area contributed by atoms with E-state index >= 15 is 0 Å². The Morgan fingerprint density at radius 1 is 1.07 bits per heavy atom. The number of benzene rings is 2. The number of ether oxygens (including phenoxy) is 1. The summed E-state index contributed by atoms with van der Waals surface area (Å²) in [6, 6.07) is 15.0. The molecule has 1 aliphatic rings. The molecule has 0 N–H and O–H groups in total. The zero-order chi connectivity index (χ0) is 21.0. The Bertz CT molecular complexity index is 1020. The maximum absolute atomic E-state index is 12.9. The van der Waals surface area contributed by atoms with Crippen LogP contribution in [-0.4, -0.2) is 32.5 Å². The number of esters is 1. The molecule has 0 radical (unpaired) electrons. The topological polar surface area (TPSA) is 73.6 Å². The number of anilines is 2. The number of nitrogens with zero attached hydrogens (tertiary/aromatic N) is 3. The molecule has 3 rings (SSSR count). The van der Waals surface area contributed by atoms with E-state index < -0.39 is 18.4 Å². The molecule has 0 atom stereocenters. The highest BCUT2D eigenvalue weighted by Gasteiger charge is 2.31. The summed E-state index contributed by atoms with van der Waals surface area (Å²) in [5.41, 5.74) is 2.25. The minimum absolute atomic E-state index is 0.0958. The van der Waals surface area contributed by atoms with Gasteiger partial charge in [0.25, 0.3) is 0 Å². The highest BCUT2D eigenvalue weighted by molar-refractivity contribution is 6.04. The third-order valence-electron chi connectivity index (χ3n) is 4.48. The van der Waals surface area contributed by atoms with Crippen molar-refractivity contribution >= 4 is 29.2 Å². The lowest BCUT2D eigenvalue weighted by molar-refractivity contribution is -0.141. The van der Waals surface area contributed by atoms with E-state index in [1.54, 1.807) is 23.9 Å². The highest BCUT2D eigenvalue weighted by atomic mass is 19.1. The molecule has 0 saturated heterocycles. The van der Waals surface area contributed by atoms with Crippen molar-refractivity contribution in [3.05, 3.63) is 77.4 Å². The van der Waals surface area contributed by atoms with Crippen LogP contribution in [0.25, 0.3) is 6.08 Å². The molecule has 2 aromatic rings. The van der Waals surface area contributed by atoms with Gasteiger partial charge in [0.05, 0.1) is 11.4 Å². The number of halogens is 1. The Kier molecular flexibility index (Phi) is 5.74. The van der Waals surface area contributed by atoms with Gasteiger partial charge in [-0.15, -0.1) is 0 Å². The first-order chi connectivity index (χ1) is 13.9. The normalized spacial score (nSPS) is 12.7. The summed E-state index contributed by atoms with van der Waals surface area (Å²) in [5, 5.41) is 9.54. The van der Waals surface area contributed by atoms with Gasteiger partial charge in [-0.25, -0.2) is 9.18 Å². The number of ketones is 1. The maximum Gasteiger partial charge on any atom is 0.331 e. The van der Waals surface area contributed by atoms with Gasteiger partial charge in [-0.1, -0.05) is 24.3 Å². The van der Waals surface area contributed by atoms with Crippen LogP contribution >= 0.6 is 0 Å². The van der Waals surface area contributed by atoms with Crippen molar-refractivity contribution in [1.82, 2.24) is 0 Å². The van der Waals surface area contributed by atoms with Gasteiger partial charge < -0.3 is 14.5 Å². The van der Waals surface area contributed by atoms with Crippen molar-refractivity contribution in [2.75, 3.05) is 30.5 Å². The Balaban J connectivity index is 1.69. The van der Waals surface area contributed by atoms with E-state index in [1.807, 2.05) is 30.3 Å². The summed E-state index contributed by atoms with van der Waals surface area (Å²) in [5.74, 6) is -1.29. The summed E-state index contributed by atoms with van der Waals surface area (Å²) in [7, 11) is 3.53. The predicted octanol–water partition coefficient (Wildman–Crippen LogP) is 3.27. The quantitative estimate of drug-likeness (QED) is 0.442. The molecule has 0 spiro atoms. The Labute approximate surface area is 167 Å². The van der Waals surface area contributed by atoms with Crippen LogP contribution in [0, 0.1) is 17.1 Å². The second-order valence-corrected chi connectivity index (χ2v) is 6.33. The molecule has 0 aromatic heterocycles. The van der Waals surface area contributed by atoms with Crippen molar-refractivity contribution in [2.24, 2.45) is 0 Å². The van der Waals surface area contributed by atoms with E-state index in [2.05, 4.69) is 0 Å². The van der Waals surface area contributed by atoms with E-state index in [0.29, 0.717) is 11.4 Å². The van der Waals surface area contributed by atoms with Gasteiger partial charge in [-0.05, 0) is 35.9 Å². The molecule has 0 fully saturated rings. The van der Waals surface area contributed by atoms with Gasteiger partial charge in [0, 0.05) is 20.2 Å². The van der Waals surface area contributed by atoms with Gasteiger partial charge >= 0.3 is 5.97 Å². The minimum Gasteiger partial charge on any atom is -0.454 e. The van der Waals surface area contributed by atoms with Crippen molar-refractivity contribution in [3.8, 4) is 6.07 Å². The van der Waals surface area contributed by atoms with E-state index in [-0.39, 0.29) is 11.4 Å². The number of carbonyl (C=O) groups is 2. The SMILES string of the molecule is CN1C(=C(C#N)C(=O)COC(=O)/C=C/c2ccc(F)cc2)N(C)c2ccccc21. The zero-order valence-corrected chi connectivity index (χ0v) is 15.9. The van der Waals surface area contributed by atoms with E-state index in [1.165, 1.54) is 30.3 Å². The summed E-state index contributed by atoms with van der Waals surface area (Å²) in [6.07, 6.45) is 2.59. The number of nitriles is 1. The molecule has 1 aliphatic heterocycles. The molecule has 146 valence electrons. The third-order valence-corrected chi connectivity index (χ3v) is 4.48. The van der Waals surface area contributed by atoms with Gasteiger partial charge in [-0.2, -0.15) is 5.26 Å². The van der Waals surface area contributed by atoms with Crippen molar-refractivity contribution in [2.45, 2.75) is 0 Å². The Morgan fingerprint density at radius 2 is 1.66 bits per heavy atom. The maximum atomic E-state index is 12.9. The molecule has 0 amide bonds. The number of Topliss-reactive ketones (excluding diaryl/α,β-unsaturated/α-hetero) is 1. The van der Waals surface area contributed by atoms with Crippen LogP contribution in [0.2, 0.25) is 0 Å². The number of hydrogen-bond acceptors (Lipinski definition) is 6. The monoisotopic (exact) mass is 391 g/mol. The van der Waals surface area contributed by atoms with Crippen LogP contribution in [0.1, 0.15) is 5.56 Å². The van der Waals surface area contributed by atoms with E-state index in [4.69, 9.17) is 4.74 Å². The lowest BCUT2D eigenvalue weighted by atomic mass is 10.2. The molecule has 2 aromatic carbocycles. The smallest absolute Gasteiger partial charge is 0.331 e. The zero-order valence-electron chi connectivity index (χ0n) is 15.9. The minimum atomic E-state index is -0.735. The van der Waals surface area contributed by atoms with Crippen molar-refractivity contribution < 1.29 is 18.7 Å². The highest BCUT2D eigenvalue weighted by Crippen LogP contribution is 2.40. The molecule has 0 saturated carbocycles. The van der Waals surface area contributed by atoms with Crippen LogP contribution in [0.4, 0.5) is 15.8 Å². The lowest BCUT2D eigenvalue weighted by Gasteiger charge is -2.19. The number of rotatable bonds is 5. The summed E-state index contributed by atoms with van der Waals surface area (Å²) >= 11 is 0. The molecular formula is C22H18FN3O3. The van der Waals surface area contributed by atoms with Crippen LogP contribution in [0.15, 0.2) is 66.0 Å². The average Bonchev–Trinajstić information content (AvgIpc) is 2.98. The largest absolute Gasteiger partial charge is 0.454 e. The van der Waals surface area contributed by atoms with Crippen LogP contribution in [0.5, 0.6) is 0 Å². The fourth-order valence-electron chi connectivity index (χ4n) is 3.05. The van der Waals surface area contributed by atoms with Crippen molar-refractivity contribution in [1.29, 1.82) is 5.26 Å². The van der Waals surface area contributed by atoms with Crippen molar-refractivity contribution in [3.63, 3.8) is 0 Å². The fraction of sp³-hybridized carbons (Fsp3) is 0.136. The second kappa shape index (κ2) is 8.40. The summed E-state index contributed by atoms with van der Waals surface area (Å²) in [4.78, 5) is 27.9. The van der Waals surface area contributed by atoms with E-state index in [9.17, 15) is 19.2 Å². The molecule has 6 nitrogen and oxygen atoms in total. The van der Waals surface area contributed by atoms with Gasteiger partial charge in [-0.3, -0.25) is 4.79 Å². The fourth-order valence-corrected chi connectivity index (χ4v) is 3.05. The second-order valence-electron chi connectivity index (χ2n) is 6.33.